The van der Waals surface area contributed by atoms with Gasteiger partial charge in [0.05, 0.1) is 10.5 Å². The second-order valence-corrected chi connectivity index (χ2v) is 12.7. The first-order chi connectivity index (χ1) is 16.2. The van der Waals surface area contributed by atoms with Crippen LogP contribution in [0.2, 0.25) is 0 Å². The van der Waals surface area contributed by atoms with E-state index in [2.05, 4.69) is 19.2 Å². The number of rotatable bonds is 2. The van der Waals surface area contributed by atoms with Crippen molar-refractivity contribution >= 4 is 39.9 Å². The van der Waals surface area contributed by atoms with Crippen molar-refractivity contribution in [1.29, 1.82) is 0 Å². The van der Waals surface area contributed by atoms with Crippen LogP contribution in [0.1, 0.15) is 65.2 Å². The highest BCUT2D eigenvalue weighted by Crippen LogP contribution is 2.70. The summed E-state index contributed by atoms with van der Waals surface area (Å²) in [5, 5.41) is 15.6. The van der Waals surface area contributed by atoms with Crippen molar-refractivity contribution < 1.29 is 14.5 Å². The van der Waals surface area contributed by atoms with Crippen molar-refractivity contribution in [2.24, 2.45) is 33.6 Å². The molecule has 0 saturated heterocycles. The van der Waals surface area contributed by atoms with Gasteiger partial charge in [-0.2, -0.15) is 0 Å². The van der Waals surface area contributed by atoms with Crippen LogP contribution in [0.4, 0.5) is 11.4 Å². The summed E-state index contributed by atoms with van der Waals surface area (Å²) in [6.07, 6.45) is 6.49. The van der Waals surface area contributed by atoms with Gasteiger partial charge in [0.25, 0.3) is 5.69 Å². The molecule has 0 aromatic heterocycles. The zero-order valence-electron chi connectivity index (χ0n) is 19.7. The molecule has 1 heterocycles. The molecule has 0 bridgehead atoms. The Hall–Kier alpha value is -2.22. The monoisotopic (exact) mass is 481 g/mol. The minimum Gasteiger partial charge on any atom is -0.329 e. The zero-order valence-corrected chi connectivity index (χ0v) is 20.5. The minimum absolute atomic E-state index is 0.0227. The molecule has 1 spiro atoms. The third-order valence-electron chi connectivity index (χ3n) is 10.3. The molecule has 180 valence electrons. The van der Waals surface area contributed by atoms with Crippen LogP contribution in [-0.2, 0) is 9.59 Å². The Bertz CT molecular complexity index is 1140. The Kier molecular flexibility index (Phi) is 4.84. The maximum atomic E-state index is 12.8. The molecule has 1 aliphatic heterocycles. The molecular formula is C26H31N3O4S. The molecule has 6 rings (SSSR count). The number of nitrogens with one attached hydrogen (secondary N) is 1. The molecule has 1 aromatic carbocycles. The summed E-state index contributed by atoms with van der Waals surface area (Å²) in [4.78, 5) is 42.1. The van der Waals surface area contributed by atoms with E-state index >= 15 is 0 Å². The average molecular weight is 482 g/mol. The molecule has 7 atom stereocenters. The number of hydrogen-bond donors (Lipinski definition) is 1. The summed E-state index contributed by atoms with van der Waals surface area (Å²) in [5.74, 6) is 2.05. The highest BCUT2D eigenvalue weighted by atomic mass is 32.2. The van der Waals surface area contributed by atoms with E-state index in [4.69, 9.17) is 4.99 Å². The van der Waals surface area contributed by atoms with Crippen molar-refractivity contribution in [2.45, 2.75) is 76.0 Å². The topological polar surface area (TPSA) is 102 Å². The van der Waals surface area contributed by atoms with Gasteiger partial charge in [0, 0.05) is 36.0 Å². The number of carbonyl (C=O) groups excluding carboxylic acids is 2. The summed E-state index contributed by atoms with van der Waals surface area (Å²) < 4.78 is 0. The van der Waals surface area contributed by atoms with Crippen LogP contribution in [0.3, 0.4) is 0 Å². The number of thioether (sulfide) groups is 1. The predicted molar refractivity (Wildman–Crippen MR) is 132 cm³/mol. The molecule has 34 heavy (non-hydrogen) atoms. The largest absolute Gasteiger partial charge is 0.329 e. The Morgan fingerprint density at radius 1 is 1.12 bits per heavy atom. The molecule has 0 radical (unpaired) electrons. The lowest BCUT2D eigenvalue weighted by Crippen LogP contribution is -2.65. The van der Waals surface area contributed by atoms with Crippen molar-refractivity contribution in [1.82, 2.24) is 0 Å². The number of nitro benzene ring substituents is 1. The molecule has 0 amide bonds. The van der Waals surface area contributed by atoms with E-state index < -0.39 is 5.54 Å². The number of Topliss-reactive ketones (excluding diaryl/α,β-unsaturated/α-hetero) is 2. The first-order valence-corrected chi connectivity index (χ1v) is 13.4. The Labute approximate surface area is 203 Å². The molecule has 8 heteroatoms. The van der Waals surface area contributed by atoms with Gasteiger partial charge in [-0.25, -0.2) is 0 Å². The van der Waals surface area contributed by atoms with Crippen LogP contribution in [0, 0.1) is 38.7 Å². The van der Waals surface area contributed by atoms with Gasteiger partial charge in [-0.05, 0) is 61.3 Å². The third-order valence-corrected chi connectivity index (χ3v) is 11.5. The number of fused-ring (bicyclic) bond motifs is 4. The number of aliphatic imine (C=N–C) groups is 1. The summed E-state index contributed by atoms with van der Waals surface area (Å²) in [6, 6.07) is 6.64. The van der Waals surface area contributed by atoms with Crippen molar-refractivity contribution in [2.75, 3.05) is 5.32 Å². The van der Waals surface area contributed by atoms with Crippen LogP contribution >= 0.6 is 11.8 Å². The third kappa shape index (κ3) is 2.87. The number of nitro groups is 1. The molecule has 7 nitrogen and oxygen atoms in total. The molecule has 4 fully saturated rings. The van der Waals surface area contributed by atoms with Crippen LogP contribution in [0.15, 0.2) is 29.3 Å². The van der Waals surface area contributed by atoms with Crippen LogP contribution < -0.4 is 5.32 Å². The zero-order chi connectivity index (χ0) is 23.9. The summed E-state index contributed by atoms with van der Waals surface area (Å²) in [6.45, 7) is 4.54. The lowest BCUT2D eigenvalue weighted by molar-refractivity contribution is -0.383. The highest BCUT2D eigenvalue weighted by Gasteiger charge is 2.69. The number of amidine groups is 1. The number of para-hydroxylation sites is 2. The number of nitrogens with zero attached hydrogens (tertiary/aromatic N) is 2. The van der Waals surface area contributed by atoms with Crippen LogP contribution in [-0.4, -0.2) is 32.4 Å². The molecule has 5 aliphatic rings. The van der Waals surface area contributed by atoms with Crippen molar-refractivity contribution in [3.05, 3.63) is 34.4 Å². The number of ketones is 2. The van der Waals surface area contributed by atoms with Gasteiger partial charge in [-0.1, -0.05) is 37.7 Å². The maximum absolute atomic E-state index is 12.8. The van der Waals surface area contributed by atoms with E-state index in [1.54, 1.807) is 30.0 Å². The van der Waals surface area contributed by atoms with E-state index in [0.717, 1.165) is 32.1 Å². The van der Waals surface area contributed by atoms with Gasteiger partial charge in [-0.3, -0.25) is 24.7 Å². The quantitative estimate of drug-likeness (QED) is 0.449. The SMILES string of the molecule is C[C@]12CC[C@H]3[C@@H](C[C@@H]4SC(Nc5ccccc5[N+](=O)[O-])=N[C@@]45CC(=O)CC[C@]35C)[C@@H]1CCC2=O. The van der Waals surface area contributed by atoms with Gasteiger partial charge < -0.3 is 5.32 Å². The fraction of sp³-hybridized carbons (Fsp3) is 0.654. The molecular weight excluding hydrogens is 450 g/mol. The summed E-state index contributed by atoms with van der Waals surface area (Å²) in [7, 11) is 0. The first-order valence-electron chi connectivity index (χ1n) is 12.5. The van der Waals surface area contributed by atoms with E-state index in [1.807, 2.05) is 0 Å². The molecule has 0 unspecified atom stereocenters. The Morgan fingerprint density at radius 2 is 1.91 bits per heavy atom. The van der Waals surface area contributed by atoms with Gasteiger partial charge in [-0.15, -0.1) is 0 Å². The predicted octanol–water partition coefficient (Wildman–Crippen LogP) is 5.39. The smallest absolute Gasteiger partial charge is 0.292 e. The summed E-state index contributed by atoms with van der Waals surface area (Å²) >= 11 is 1.66. The van der Waals surface area contributed by atoms with E-state index in [-0.39, 0.29) is 32.5 Å². The lowest BCUT2D eigenvalue weighted by Gasteiger charge is -2.63. The number of hydrogen-bond acceptors (Lipinski definition) is 7. The van der Waals surface area contributed by atoms with Gasteiger partial charge >= 0.3 is 0 Å². The molecule has 4 aliphatic carbocycles. The maximum Gasteiger partial charge on any atom is 0.292 e. The van der Waals surface area contributed by atoms with Crippen molar-refractivity contribution in [3.8, 4) is 0 Å². The molecule has 1 aromatic rings. The lowest BCUT2D eigenvalue weighted by atomic mass is 9.42. The van der Waals surface area contributed by atoms with Gasteiger partial charge in [0.1, 0.15) is 17.3 Å². The first kappa shape index (κ1) is 22.3. The standard InChI is InChI=1S/C26H31N3O4S/c1-24-11-10-18-16(17(24)7-8-21(24)31)13-22-26(14-15(30)9-12-25(18,26)2)28-23(34-22)27-19-5-3-4-6-20(19)29(32)33/h3-6,16-18,22H,7-14H2,1-2H3,(H,27,28)/t16-,17-,18-,22-,24-,25+,26-/m0/s1. The minimum atomic E-state index is -0.476. The van der Waals surface area contributed by atoms with E-state index in [1.165, 1.54) is 6.07 Å². The second kappa shape index (κ2) is 7.39. The second-order valence-electron chi connectivity index (χ2n) is 11.5. The number of anilines is 1. The fourth-order valence-corrected chi connectivity index (χ4v) is 10.0. The summed E-state index contributed by atoms with van der Waals surface area (Å²) in [5.41, 5.74) is -0.326. The molecule has 1 N–H and O–H groups in total. The van der Waals surface area contributed by atoms with Gasteiger partial charge in [0.2, 0.25) is 0 Å². The molecule has 4 saturated carbocycles. The van der Waals surface area contributed by atoms with Crippen LogP contribution in [0.5, 0.6) is 0 Å². The average Bonchev–Trinajstić information content (AvgIpc) is 3.29. The van der Waals surface area contributed by atoms with E-state index in [9.17, 15) is 19.7 Å². The highest BCUT2D eigenvalue weighted by molar-refractivity contribution is 8.15. The normalized spacial score (nSPS) is 42.8. The van der Waals surface area contributed by atoms with Gasteiger partial charge in [0.15, 0.2) is 5.17 Å². The fourth-order valence-electron chi connectivity index (χ4n) is 8.45. The van der Waals surface area contributed by atoms with Crippen LogP contribution in [0.25, 0.3) is 0 Å². The van der Waals surface area contributed by atoms with Crippen molar-refractivity contribution in [3.63, 3.8) is 0 Å². The van der Waals surface area contributed by atoms with E-state index in [0.29, 0.717) is 53.7 Å². The Balaban J connectivity index is 1.39. The Morgan fingerprint density at radius 3 is 2.71 bits per heavy atom. The number of carbonyl (C=O) groups is 2. The number of benzene rings is 1.